The Morgan fingerprint density at radius 2 is 1.92 bits per heavy atom. The quantitative estimate of drug-likeness (QED) is 0.236. The number of aromatic nitrogens is 4. The van der Waals surface area contributed by atoms with E-state index in [1.165, 1.54) is 6.33 Å². The second kappa shape index (κ2) is 12.5. The molecular formula is C29H33N7O3. The van der Waals surface area contributed by atoms with Crippen LogP contribution in [0, 0.1) is 0 Å². The SMILES string of the molecule is COCCNCC=CC(=O)N1CCC[C@@H](n2nc(-c3ccc(Oc4ccccc4)cc3)c3c(N)ncnc32)C1. The molecule has 39 heavy (non-hydrogen) atoms. The van der Waals surface area contributed by atoms with Crippen LogP contribution in [0.2, 0.25) is 0 Å². The molecule has 1 saturated heterocycles. The van der Waals surface area contributed by atoms with Gasteiger partial charge in [0.1, 0.15) is 29.3 Å². The molecule has 0 unspecified atom stereocenters. The Labute approximate surface area is 227 Å². The van der Waals surface area contributed by atoms with Crippen molar-refractivity contribution in [3.63, 3.8) is 0 Å². The molecule has 5 rings (SSSR count). The lowest BCUT2D eigenvalue weighted by atomic mass is 10.1. The monoisotopic (exact) mass is 527 g/mol. The molecule has 202 valence electrons. The van der Waals surface area contributed by atoms with Crippen LogP contribution in [0.25, 0.3) is 22.3 Å². The van der Waals surface area contributed by atoms with E-state index in [2.05, 4.69) is 15.3 Å². The summed E-state index contributed by atoms with van der Waals surface area (Å²) in [6, 6.07) is 17.3. The first-order valence-electron chi connectivity index (χ1n) is 13.1. The predicted molar refractivity (Wildman–Crippen MR) is 150 cm³/mol. The highest BCUT2D eigenvalue weighted by Crippen LogP contribution is 2.34. The van der Waals surface area contributed by atoms with Gasteiger partial charge in [0.15, 0.2) is 5.65 Å². The Balaban J connectivity index is 1.35. The van der Waals surface area contributed by atoms with Gasteiger partial charge in [0.2, 0.25) is 5.91 Å². The molecule has 3 heterocycles. The lowest BCUT2D eigenvalue weighted by molar-refractivity contribution is -0.127. The fraction of sp³-hybridized carbons (Fsp3) is 0.310. The standard InChI is InChI=1S/C29H33N7O3/c1-38-18-16-31-15-5-10-25(37)35-17-6-7-22(19-35)36-29-26(28(30)32-20-33-29)27(34-36)21-11-13-24(14-12-21)39-23-8-3-2-4-9-23/h2-5,8-14,20,22,31H,6-7,15-19H2,1H3,(H2,30,32,33)/t22-/m1/s1. The van der Waals surface area contributed by atoms with Crippen molar-refractivity contribution in [1.82, 2.24) is 30.0 Å². The molecule has 0 bridgehead atoms. The average Bonchev–Trinajstić information content (AvgIpc) is 3.37. The number of amides is 1. The zero-order chi connectivity index (χ0) is 27.0. The maximum atomic E-state index is 12.9. The third kappa shape index (κ3) is 6.24. The first-order chi connectivity index (χ1) is 19.1. The summed E-state index contributed by atoms with van der Waals surface area (Å²) in [5.74, 6) is 1.86. The maximum absolute atomic E-state index is 12.9. The minimum atomic E-state index is -0.0258. The van der Waals surface area contributed by atoms with E-state index in [9.17, 15) is 4.79 Å². The molecule has 1 aliphatic rings. The Hall–Kier alpha value is -4.28. The smallest absolute Gasteiger partial charge is 0.246 e. The summed E-state index contributed by atoms with van der Waals surface area (Å²) >= 11 is 0. The predicted octanol–water partition coefficient (Wildman–Crippen LogP) is 3.82. The van der Waals surface area contributed by atoms with E-state index in [-0.39, 0.29) is 11.9 Å². The molecular weight excluding hydrogens is 494 g/mol. The molecule has 1 atom stereocenters. The number of methoxy groups -OCH3 is 1. The van der Waals surface area contributed by atoms with E-state index in [0.717, 1.165) is 36.4 Å². The molecule has 4 aromatic rings. The molecule has 2 aromatic carbocycles. The second-order valence-electron chi connectivity index (χ2n) is 9.37. The van der Waals surface area contributed by atoms with E-state index >= 15 is 0 Å². The van der Waals surface area contributed by atoms with Gasteiger partial charge in [-0.05, 0) is 49.2 Å². The highest BCUT2D eigenvalue weighted by atomic mass is 16.5. The van der Waals surface area contributed by atoms with E-state index in [0.29, 0.717) is 48.8 Å². The van der Waals surface area contributed by atoms with E-state index in [1.54, 1.807) is 13.2 Å². The number of carbonyl (C=O) groups excluding carboxylic acids is 1. The van der Waals surface area contributed by atoms with Crippen molar-refractivity contribution < 1.29 is 14.3 Å². The first kappa shape index (κ1) is 26.3. The van der Waals surface area contributed by atoms with Crippen molar-refractivity contribution >= 4 is 22.8 Å². The fourth-order valence-corrected chi connectivity index (χ4v) is 4.74. The number of nitrogens with zero attached hydrogens (tertiary/aromatic N) is 5. The molecule has 1 fully saturated rings. The zero-order valence-corrected chi connectivity index (χ0v) is 22.0. The van der Waals surface area contributed by atoms with E-state index < -0.39 is 0 Å². The molecule has 0 radical (unpaired) electrons. The number of hydrogen-bond donors (Lipinski definition) is 2. The average molecular weight is 528 g/mol. The van der Waals surface area contributed by atoms with Gasteiger partial charge in [-0.3, -0.25) is 4.79 Å². The maximum Gasteiger partial charge on any atom is 0.246 e. The number of ether oxygens (including phenoxy) is 2. The van der Waals surface area contributed by atoms with Crippen LogP contribution in [0.5, 0.6) is 11.5 Å². The van der Waals surface area contributed by atoms with Gasteiger partial charge in [-0.15, -0.1) is 0 Å². The number of nitrogens with one attached hydrogen (secondary N) is 1. The summed E-state index contributed by atoms with van der Waals surface area (Å²) in [6.07, 6.45) is 6.70. The fourth-order valence-electron chi connectivity index (χ4n) is 4.74. The molecule has 0 saturated carbocycles. The number of rotatable bonds is 10. The van der Waals surface area contributed by atoms with Gasteiger partial charge in [0.25, 0.3) is 0 Å². The second-order valence-corrected chi connectivity index (χ2v) is 9.37. The summed E-state index contributed by atoms with van der Waals surface area (Å²) in [5, 5.41) is 8.89. The zero-order valence-electron chi connectivity index (χ0n) is 22.0. The van der Waals surface area contributed by atoms with Gasteiger partial charge < -0.3 is 25.4 Å². The number of anilines is 1. The van der Waals surface area contributed by atoms with Gasteiger partial charge in [-0.2, -0.15) is 5.10 Å². The van der Waals surface area contributed by atoms with E-state index in [4.69, 9.17) is 20.3 Å². The van der Waals surface area contributed by atoms with Crippen LogP contribution in [0.1, 0.15) is 18.9 Å². The van der Waals surface area contributed by atoms with Crippen LogP contribution in [0.3, 0.4) is 0 Å². The molecule has 0 aliphatic carbocycles. The van der Waals surface area contributed by atoms with Gasteiger partial charge in [0.05, 0.1) is 18.0 Å². The Bertz CT molecular complexity index is 1420. The molecule has 0 spiro atoms. The topological polar surface area (TPSA) is 120 Å². The minimum absolute atomic E-state index is 0.00642. The molecule has 2 aromatic heterocycles. The number of piperidine rings is 1. The Morgan fingerprint density at radius 1 is 1.13 bits per heavy atom. The first-order valence-corrected chi connectivity index (χ1v) is 13.1. The van der Waals surface area contributed by atoms with Crippen LogP contribution in [-0.2, 0) is 9.53 Å². The van der Waals surface area contributed by atoms with Gasteiger partial charge in [-0.1, -0.05) is 24.3 Å². The van der Waals surface area contributed by atoms with Crippen molar-refractivity contribution in [2.75, 3.05) is 45.6 Å². The van der Waals surface area contributed by atoms with Gasteiger partial charge in [-0.25, -0.2) is 14.6 Å². The Morgan fingerprint density at radius 3 is 2.72 bits per heavy atom. The minimum Gasteiger partial charge on any atom is -0.457 e. The number of nitrogens with two attached hydrogens (primary N) is 1. The van der Waals surface area contributed by atoms with Crippen LogP contribution in [0.4, 0.5) is 5.82 Å². The molecule has 10 nitrogen and oxygen atoms in total. The van der Waals surface area contributed by atoms with Crippen molar-refractivity contribution in [3.8, 4) is 22.8 Å². The number of para-hydroxylation sites is 1. The van der Waals surface area contributed by atoms with Crippen LogP contribution in [-0.4, -0.2) is 70.5 Å². The normalized spacial score (nSPS) is 15.7. The molecule has 1 amide bonds. The highest BCUT2D eigenvalue weighted by Gasteiger charge is 2.28. The van der Waals surface area contributed by atoms with Crippen molar-refractivity contribution in [1.29, 1.82) is 0 Å². The van der Waals surface area contributed by atoms with Gasteiger partial charge >= 0.3 is 0 Å². The third-order valence-corrected chi connectivity index (χ3v) is 6.68. The molecule has 10 heteroatoms. The van der Waals surface area contributed by atoms with Crippen molar-refractivity contribution in [2.45, 2.75) is 18.9 Å². The summed E-state index contributed by atoms with van der Waals surface area (Å²) in [7, 11) is 1.66. The Kier molecular flexibility index (Phi) is 8.45. The number of nitrogen functional groups attached to an aromatic ring is 1. The summed E-state index contributed by atoms with van der Waals surface area (Å²) in [6.45, 7) is 3.25. The third-order valence-electron chi connectivity index (χ3n) is 6.68. The number of fused-ring (bicyclic) bond motifs is 1. The number of carbonyl (C=O) groups is 1. The lowest BCUT2D eigenvalue weighted by Crippen LogP contribution is -2.40. The van der Waals surface area contributed by atoms with Crippen molar-refractivity contribution in [2.24, 2.45) is 0 Å². The number of likely N-dealkylation sites (tertiary alicyclic amines) is 1. The highest BCUT2D eigenvalue weighted by molar-refractivity contribution is 5.98. The summed E-state index contributed by atoms with van der Waals surface area (Å²) in [4.78, 5) is 23.5. The van der Waals surface area contributed by atoms with Crippen LogP contribution in [0.15, 0.2) is 73.1 Å². The van der Waals surface area contributed by atoms with E-state index in [1.807, 2.05) is 70.3 Å². The van der Waals surface area contributed by atoms with Gasteiger partial charge in [0, 0.05) is 44.9 Å². The van der Waals surface area contributed by atoms with Crippen LogP contribution >= 0.6 is 0 Å². The summed E-state index contributed by atoms with van der Waals surface area (Å²) in [5.41, 5.74) is 8.58. The van der Waals surface area contributed by atoms with Crippen molar-refractivity contribution in [3.05, 3.63) is 73.1 Å². The molecule has 3 N–H and O–H groups in total. The lowest BCUT2D eigenvalue weighted by Gasteiger charge is -2.32. The largest absolute Gasteiger partial charge is 0.457 e. The van der Waals surface area contributed by atoms with Crippen LogP contribution < -0.4 is 15.8 Å². The number of benzene rings is 2. The number of hydrogen-bond acceptors (Lipinski definition) is 8. The summed E-state index contributed by atoms with van der Waals surface area (Å²) < 4.78 is 12.9. The molecule has 1 aliphatic heterocycles.